The van der Waals surface area contributed by atoms with E-state index < -0.39 is 30.6 Å². The van der Waals surface area contributed by atoms with E-state index in [0.29, 0.717) is 10.6 Å². The minimum absolute atomic E-state index is 0.0801. The molecular formula is C18H14Cl2F6N2OS. The highest BCUT2D eigenvalue weighted by atomic mass is 35.5. The number of hydrogen-bond donors (Lipinski definition) is 2. The molecule has 0 amide bonds. The van der Waals surface area contributed by atoms with Gasteiger partial charge in [0.1, 0.15) is 0 Å². The predicted molar refractivity (Wildman–Crippen MR) is 107 cm³/mol. The number of aliphatic hydroxyl groups excluding tert-OH is 1. The van der Waals surface area contributed by atoms with Crippen molar-refractivity contribution in [3.8, 4) is 0 Å². The summed E-state index contributed by atoms with van der Waals surface area (Å²) >= 11 is 16.9. The molecule has 0 aromatic heterocycles. The van der Waals surface area contributed by atoms with Gasteiger partial charge < -0.3 is 15.3 Å². The lowest BCUT2D eigenvalue weighted by molar-refractivity contribution is -0.206. The summed E-state index contributed by atoms with van der Waals surface area (Å²) in [5.41, 5.74) is -0.690. The number of thiocarbonyl (C=S) groups is 1. The second-order valence-corrected chi connectivity index (χ2v) is 7.41. The van der Waals surface area contributed by atoms with E-state index in [1.54, 1.807) is 0 Å². The number of benzene rings is 2. The van der Waals surface area contributed by atoms with Gasteiger partial charge in [0.15, 0.2) is 11.2 Å². The highest BCUT2D eigenvalue weighted by Gasteiger charge is 2.39. The maximum absolute atomic E-state index is 12.9. The maximum atomic E-state index is 12.9. The Labute approximate surface area is 183 Å². The molecule has 0 aliphatic carbocycles. The Balaban J connectivity index is 2.27. The fourth-order valence-electron chi connectivity index (χ4n) is 2.36. The third-order valence-electron chi connectivity index (χ3n) is 3.88. The summed E-state index contributed by atoms with van der Waals surface area (Å²) in [7, 11) is 0. The van der Waals surface area contributed by atoms with Crippen molar-refractivity contribution in [1.29, 1.82) is 0 Å². The number of nitrogens with zero attached hydrogens (tertiary/aromatic N) is 1. The molecule has 0 radical (unpaired) electrons. The van der Waals surface area contributed by atoms with Crippen LogP contribution in [0, 0.1) is 0 Å². The molecule has 2 aromatic carbocycles. The molecule has 0 bridgehead atoms. The van der Waals surface area contributed by atoms with Crippen LogP contribution in [-0.2, 0) is 12.7 Å². The van der Waals surface area contributed by atoms with Crippen LogP contribution in [0.3, 0.4) is 0 Å². The zero-order valence-corrected chi connectivity index (χ0v) is 17.2. The van der Waals surface area contributed by atoms with Crippen molar-refractivity contribution in [1.82, 2.24) is 4.90 Å². The molecule has 1 atom stereocenters. The lowest BCUT2D eigenvalue weighted by Gasteiger charge is -2.29. The number of alkyl halides is 6. The van der Waals surface area contributed by atoms with Gasteiger partial charge in [0.05, 0.1) is 12.1 Å². The average molecular weight is 491 g/mol. The Hall–Kier alpha value is -1.75. The molecule has 164 valence electrons. The summed E-state index contributed by atoms with van der Waals surface area (Å²) in [6, 6.07) is 8.30. The van der Waals surface area contributed by atoms with Crippen LogP contribution in [0.5, 0.6) is 0 Å². The first-order chi connectivity index (χ1) is 13.8. The Kier molecular flexibility index (Phi) is 7.84. The Morgan fingerprint density at radius 3 is 2.30 bits per heavy atom. The Morgan fingerprint density at radius 2 is 1.73 bits per heavy atom. The third-order valence-corrected chi connectivity index (χ3v) is 4.82. The van der Waals surface area contributed by atoms with Gasteiger partial charge in [-0.1, -0.05) is 35.3 Å². The summed E-state index contributed by atoms with van der Waals surface area (Å²) in [4.78, 5) is 0.947. The summed E-state index contributed by atoms with van der Waals surface area (Å²) in [5.74, 6) is 0. The first-order valence-corrected chi connectivity index (χ1v) is 9.35. The van der Waals surface area contributed by atoms with E-state index in [1.165, 1.54) is 24.3 Å². The second-order valence-electron chi connectivity index (χ2n) is 6.18. The van der Waals surface area contributed by atoms with E-state index in [2.05, 4.69) is 5.32 Å². The molecule has 0 aliphatic heterocycles. The molecular weight excluding hydrogens is 477 g/mol. The van der Waals surface area contributed by atoms with Gasteiger partial charge in [-0.3, -0.25) is 0 Å². The van der Waals surface area contributed by atoms with Gasteiger partial charge >= 0.3 is 12.4 Å². The van der Waals surface area contributed by atoms with E-state index in [9.17, 15) is 31.4 Å². The van der Waals surface area contributed by atoms with Crippen molar-refractivity contribution in [3.05, 3.63) is 63.6 Å². The van der Waals surface area contributed by atoms with Gasteiger partial charge in [-0.25, -0.2) is 0 Å². The normalized spacial score (nSPS) is 13.1. The van der Waals surface area contributed by atoms with Gasteiger partial charge in [0.2, 0.25) is 0 Å². The number of aliphatic hydroxyl groups is 1. The lowest BCUT2D eigenvalue weighted by atomic mass is 10.2. The molecule has 2 N–H and O–H groups in total. The van der Waals surface area contributed by atoms with Crippen LogP contribution in [-0.4, -0.2) is 33.9 Å². The smallest absolute Gasteiger partial charge is 0.382 e. The monoisotopic (exact) mass is 490 g/mol. The fraction of sp³-hybridized carbons (Fsp3) is 0.278. The molecule has 2 aromatic rings. The minimum Gasteiger partial charge on any atom is -0.382 e. The van der Waals surface area contributed by atoms with Crippen molar-refractivity contribution in [3.63, 3.8) is 0 Å². The van der Waals surface area contributed by atoms with Crippen molar-refractivity contribution >= 4 is 46.2 Å². The predicted octanol–water partition coefficient (Wildman–Crippen LogP) is 6.13. The first kappa shape index (κ1) is 24.5. The largest absolute Gasteiger partial charge is 0.416 e. The van der Waals surface area contributed by atoms with Gasteiger partial charge in [0, 0.05) is 22.3 Å². The summed E-state index contributed by atoms with van der Waals surface area (Å²) < 4.78 is 77.2. The van der Waals surface area contributed by atoms with E-state index in [4.69, 9.17) is 35.4 Å². The molecule has 0 unspecified atom stereocenters. The van der Waals surface area contributed by atoms with Crippen LogP contribution in [0.1, 0.15) is 11.1 Å². The zero-order valence-electron chi connectivity index (χ0n) is 14.9. The second kappa shape index (κ2) is 9.59. The molecule has 0 aliphatic rings. The van der Waals surface area contributed by atoms with E-state index in [-0.39, 0.29) is 22.4 Å². The fourth-order valence-corrected chi connectivity index (χ4v) is 3.09. The number of nitrogens with one attached hydrogen (secondary N) is 1. The summed E-state index contributed by atoms with van der Waals surface area (Å²) in [6.07, 6.45) is -12.3. The molecule has 0 saturated heterocycles. The standard InChI is InChI=1S/C18H14Cl2F6N2OS/c19-12-5-4-10(14(20)7-12)8-28(9-15(29)18(24,25)26)16(30)27-13-3-1-2-11(6-13)17(21,22)23/h1-7,15,29H,8-9H2,(H,27,30)/t15-/m1/s1. The third kappa shape index (κ3) is 6.90. The van der Waals surface area contributed by atoms with Gasteiger partial charge in [-0.2, -0.15) is 26.3 Å². The van der Waals surface area contributed by atoms with Crippen LogP contribution in [0.25, 0.3) is 0 Å². The lowest BCUT2D eigenvalue weighted by Crippen LogP contribution is -2.44. The van der Waals surface area contributed by atoms with Gasteiger partial charge in [-0.05, 0) is 48.1 Å². The van der Waals surface area contributed by atoms with Crippen molar-refractivity contribution in [2.24, 2.45) is 0 Å². The van der Waals surface area contributed by atoms with Crippen LogP contribution in [0.2, 0.25) is 10.0 Å². The van der Waals surface area contributed by atoms with Gasteiger partial charge in [-0.15, -0.1) is 0 Å². The quantitative estimate of drug-likeness (QED) is 0.390. The molecule has 0 heterocycles. The summed E-state index contributed by atoms with van der Waals surface area (Å²) in [5, 5.41) is 12.0. The Morgan fingerprint density at radius 1 is 1.07 bits per heavy atom. The summed E-state index contributed by atoms with van der Waals surface area (Å²) in [6.45, 7) is -1.22. The van der Waals surface area contributed by atoms with Crippen molar-refractivity contribution < 1.29 is 31.4 Å². The topological polar surface area (TPSA) is 35.5 Å². The number of rotatable bonds is 5. The highest BCUT2D eigenvalue weighted by molar-refractivity contribution is 7.80. The van der Waals surface area contributed by atoms with E-state index >= 15 is 0 Å². The molecule has 0 fully saturated rings. The number of halogens is 8. The van der Waals surface area contributed by atoms with Gasteiger partial charge in [0.25, 0.3) is 0 Å². The van der Waals surface area contributed by atoms with E-state index in [0.717, 1.165) is 23.1 Å². The van der Waals surface area contributed by atoms with Crippen LogP contribution >= 0.6 is 35.4 Å². The van der Waals surface area contributed by atoms with Crippen LogP contribution in [0.15, 0.2) is 42.5 Å². The zero-order chi connectivity index (χ0) is 22.7. The SMILES string of the molecule is O[C@H](CN(Cc1ccc(Cl)cc1Cl)C(=S)Nc1cccc(C(F)(F)F)c1)C(F)(F)F. The van der Waals surface area contributed by atoms with Crippen LogP contribution < -0.4 is 5.32 Å². The van der Waals surface area contributed by atoms with Crippen molar-refractivity contribution in [2.75, 3.05) is 11.9 Å². The molecule has 3 nitrogen and oxygen atoms in total. The molecule has 0 spiro atoms. The minimum atomic E-state index is -4.92. The number of hydrogen-bond acceptors (Lipinski definition) is 2. The number of anilines is 1. The highest BCUT2D eigenvalue weighted by Crippen LogP contribution is 2.31. The molecule has 30 heavy (non-hydrogen) atoms. The molecule has 0 saturated carbocycles. The maximum Gasteiger partial charge on any atom is 0.416 e. The van der Waals surface area contributed by atoms with E-state index in [1.807, 2.05) is 0 Å². The average Bonchev–Trinajstić information content (AvgIpc) is 2.61. The Bertz CT molecular complexity index is 907. The van der Waals surface area contributed by atoms with Crippen LogP contribution in [0.4, 0.5) is 32.0 Å². The van der Waals surface area contributed by atoms with Crippen molar-refractivity contribution in [2.45, 2.75) is 25.0 Å². The first-order valence-electron chi connectivity index (χ1n) is 8.19. The molecule has 2 rings (SSSR count). The molecule has 12 heteroatoms.